The van der Waals surface area contributed by atoms with Crippen LogP contribution in [-0.2, 0) is 0 Å². The Hall–Kier alpha value is -0.0800. The lowest BCUT2D eigenvalue weighted by molar-refractivity contribution is 0.226. The van der Waals surface area contributed by atoms with Gasteiger partial charge in [-0.2, -0.15) is 0 Å². The van der Waals surface area contributed by atoms with Crippen molar-refractivity contribution in [1.82, 2.24) is 10.2 Å². The number of likely N-dealkylation sites (N-methyl/N-ethyl adjacent to an activating group) is 1. The number of rotatable bonds is 8. The van der Waals surface area contributed by atoms with Crippen molar-refractivity contribution in [2.24, 2.45) is 5.92 Å². The maximum absolute atomic E-state index is 3.65. The van der Waals surface area contributed by atoms with Crippen LogP contribution in [0.5, 0.6) is 0 Å². The largest absolute Gasteiger partial charge is 0.315 e. The van der Waals surface area contributed by atoms with Crippen molar-refractivity contribution in [3.8, 4) is 0 Å². The van der Waals surface area contributed by atoms with E-state index in [9.17, 15) is 0 Å². The maximum Gasteiger partial charge on any atom is 0.0107 e. The summed E-state index contributed by atoms with van der Waals surface area (Å²) in [7, 11) is 2.26. The summed E-state index contributed by atoms with van der Waals surface area (Å²) in [6.07, 6.45) is 9.84. The Balaban J connectivity index is 2.02. The topological polar surface area (TPSA) is 15.3 Å². The molecule has 0 aliphatic heterocycles. The Morgan fingerprint density at radius 1 is 1.12 bits per heavy atom. The van der Waals surface area contributed by atoms with Crippen LogP contribution in [0, 0.1) is 5.92 Å². The van der Waals surface area contributed by atoms with E-state index >= 15 is 0 Å². The van der Waals surface area contributed by atoms with Crippen LogP contribution in [0.15, 0.2) is 0 Å². The summed E-state index contributed by atoms with van der Waals surface area (Å²) < 4.78 is 0. The first-order valence-corrected chi connectivity index (χ1v) is 7.68. The Morgan fingerprint density at radius 2 is 1.76 bits per heavy atom. The van der Waals surface area contributed by atoms with Gasteiger partial charge >= 0.3 is 0 Å². The van der Waals surface area contributed by atoms with Gasteiger partial charge in [-0.25, -0.2) is 0 Å². The highest BCUT2D eigenvalue weighted by atomic mass is 15.1. The summed E-state index contributed by atoms with van der Waals surface area (Å²) in [6.45, 7) is 8.18. The summed E-state index contributed by atoms with van der Waals surface area (Å²) in [5.41, 5.74) is 0. The van der Waals surface area contributed by atoms with Gasteiger partial charge in [0, 0.05) is 19.1 Å². The Labute approximate surface area is 108 Å². The zero-order valence-electron chi connectivity index (χ0n) is 12.2. The molecule has 0 radical (unpaired) electrons. The van der Waals surface area contributed by atoms with E-state index in [4.69, 9.17) is 0 Å². The molecule has 2 nitrogen and oxygen atoms in total. The van der Waals surface area contributed by atoms with E-state index in [2.05, 4.69) is 31.1 Å². The molecule has 17 heavy (non-hydrogen) atoms. The maximum atomic E-state index is 3.65. The highest BCUT2D eigenvalue weighted by Gasteiger charge is 2.13. The fourth-order valence-corrected chi connectivity index (χ4v) is 3.05. The van der Waals surface area contributed by atoms with E-state index in [0.717, 1.165) is 18.5 Å². The first-order chi connectivity index (χ1) is 8.27. The third kappa shape index (κ3) is 5.87. The fourth-order valence-electron chi connectivity index (χ4n) is 3.05. The van der Waals surface area contributed by atoms with E-state index < -0.39 is 0 Å². The summed E-state index contributed by atoms with van der Waals surface area (Å²) >= 11 is 0. The van der Waals surface area contributed by atoms with Gasteiger partial charge in [-0.15, -0.1) is 0 Å². The molecule has 0 atom stereocenters. The molecule has 1 fully saturated rings. The van der Waals surface area contributed by atoms with Crippen LogP contribution in [0.25, 0.3) is 0 Å². The second kappa shape index (κ2) is 8.93. The van der Waals surface area contributed by atoms with Gasteiger partial charge in [0.05, 0.1) is 0 Å². The Kier molecular flexibility index (Phi) is 7.87. The van der Waals surface area contributed by atoms with Crippen molar-refractivity contribution in [3.05, 3.63) is 0 Å². The fraction of sp³-hybridized carbons (Fsp3) is 1.00. The van der Waals surface area contributed by atoms with Crippen LogP contribution in [-0.4, -0.2) is 37.6 Å². The van der Waals surface area contributed by atoms with Crippen molar-refractivity contribution < 1.29 is 0 Å². The molecule has 0 saturated heterocycles. The van der Waals surface area contributed by atoms with Gasteiger partial charge in [0.1, 0.15) is 0 Å². The van der Waals surface area contributed by atoms with Crippen molar-refractivity contribution in [1.29, 1.82) is 0 Å². The van der Waals surface area contributed by atoms with Crippen molar-refractivity contribution in [2.45, 2.75) is 64.8 Å². The molecule has 1 aliphatic rings. The van der Waals surface area contributed by atoms with Gasteiger partial charge < -0.3 is 10.2 Å². The Bertz CT molecular complexity index is 172. The molecule has 1 rings (SSSR count). The predicted molar refractivity (Wildman–Crippen MR) is 76.4 cm³/mol. The second-order valence-electron chi connectivity index (χ2n) is 5.66. The van der Waals surface area contributed by atoms with Gasteiger partial charge in [0.15, 0.2) is 0 Å². The van der Waals surface area contributed by atoms with E-state index in [-0.39, 0.29) is 0 Å². The molecule has 0 unspecified atom stereocenters. The average molecular weight is 240 g/mol. The molecule has 0 aromatic rings. The van der Waals surface area contributed by atoms with Crippen LogP contribution in [0.1, 0.15) is 58.8 Å². The number of nitrogens with zero attached hydrogens (tertiary/aromatic N) is 1. The number of nitrogens with one attached hydrogen (secondary N) is 1. The summed E-state index contributed by atoms with van der Waals surface area (Å²) in [5, 5.41) is 3.65. The molecular weight excluding hydrogens is 208 g/mol. The summed E-state index contributed by atoms with van der Waals surface area (Å²) in [6, 6.07) is 0.770. The summed E-state index contributed by atoms with van der Waals surface area (Å²) in [4.78, 5) is 2.51. The normalized spacial score (nSPS) is 18.2. The van der Waals surface area contributed by atoms with E-state index in [1.54, 1.807) is 0 Å². The molecule has 0 spiro atoms. The molecule has 0 aromatic heterocycles. The molecular formula is C15H32N2. The van der Waals surface area contributed by atoms with Gasteiger partial charge in [-0.05, 0) is 45.2 Å². The second-order valence-corrected chi connectivity index (χ2v) is 5.66. The molecule has 1 saturated carbocycles. The van der Waals surface area contributed by atoms with E-state index in [1.807, 2.05) is 0 Å². The van der Waals surface area contributed by atoms with Gasteiger partial charge in [-0.1, -0.05) is 33.1 Å². The van der Waals surface area contributed by atoms with Gasteiger partial charge in [0.25, 0.3) is 0 Å². The molecule has 0 aromatic carbocycles. The first-order valence-electron chi connectivity index (χ1n) is 7.68. The average Bonchev–Trinajstić information content (AvgIpc) is 2.37. The molecule has 1 aliphatic carbocycles. The van der Waals surface area contributed by atoms with E-state index in [1.165, 1.54) is 58.0 Å². The highest BCUT2D eigenvalue weighted by Crippen LogP contribution is 2.22. The number of hydrogen-bond donors (Lipinski definition) is 1. The third-order valence-corrected chi connectivity index (χ3v) is 4.36. The predicted octanol–water partition coefficient (Wildman–Crippen LogP) is 3.28. The standard InChI is InChI=1S/C15H32N2/c1-4-15(5-2)17(3)12-11-16-13-14-9-7-6-8-10-14/h14-16H,4-13H2,1-3H3. The zero-order valence-corrected chi connectivity index (χ0v) is 12.2. The van der Waals surface area contributed by atoms with Gasteiger partial charge in [0.2, 0.25) is 0 Å². The van der Waals surface area contributed by atoms with Crippen LogP contribution in [0.4, 0.5) is 0 Å². The molecule has 2 heteroatoms. The number of hydrogen-bond acceptors (Lipinski definition) is 2. The lowest BCUT2D eigenvalue weighted by Gasteiger charge is -2.27. The zero-order chi connectivity index (χ0) is 12.5. The van der Waals surface area contributed by atoms with Crippen molar-refractivity contribution in [2.75, 3.05) is 26.7 Å². The third-order valence-electron chi connectivity index (χ3n) is 4.36. The molecule has 0 heterocycles. The molecule has 0 bridgehead atoms. The molecule has 1 N–H and O–H groups in total. The van der Waals surface area contributed by atoms with Crippen LogP contribution in [0.2, 0.25) is 0 Å². The van der Waals surface area contributed by atoms with Gasteiger partial charge in [-0.3, -0.25) is 0 Å². The lowest BCUT2D eigenvalue weighted by atomic mass is 9.89. The monoisotopic (exact) mass is 240 g/mol. The SMILES string of the molecule is CCC(CC)N(C)CCNCC1CCCCC1. The van der Waals surface area contributed by atoms with Crippen LogP contribution >= 0.6 is 0 Å². The highest BCUT2D eigenvalue weighted by molar-refractivity contribution is 4.70. The quantitative estimate of drug-likeness (QED) is 0.655. The Morgan fingerprint density at radius 3 is 2.35 bits per heavy atom. The minimum absolute atomic E-state index is 0.770. The molecule has 0 amide bonds. The first kappa shape index (κ1) is 15.0. The van der Waals surface area contributed by atoms with Crippen molar-refractivity contribution in [3.63, 3.8) is 0 Å². The van der Waals surface area contributed by atoms with E-state index in [0.29, 0.717) is 0 Å². The van der Waals surface area contributed by atoms with Crippen LogP contribution < -0.4 is 5.32 Å². The summed E-state index contributed by atoms with van der Waals surface area (Å²) in [5.74, 6) is 0.960. The minimum atomic E-state index is 0.770. The lowest BCUT2D eigenvalue weighted by Crippen LogP contribution is -2.37. The minimum Gasteiger partial charge on any atom is -0.315 e. The van der Waals surface area contributed by atoms with Crippen LogP contribution in [0.3, 0.4) is 0 Å². The molecule has 102 valence electrons. The smallest absolute Gasteiger partial charge is 0.0107 e. The van der Waals surface area contributed by atoms with Crippen molar-refractivity contribution >= 4 is 0 Å².